The van der Waals surface area contributed by atoms with Gasteiger partial charge in [0.25, 0.3) is 5.91 Å². The summed E-state index contributed by atoms with van der Waals surface area (Å²) in [4.78, 5) is 35.9. The molecule has 0 bridgehead atoms. The zero-order valence-corrected chi connectivity index (χ0v) is 19.4. The van der Waals surface area contributed by atoms with Crippen LogP contribution < -0.4 is 25.4 Å². The van der Waals surface area contributed by atoms with Gasteiger partial charge in [0.05, 0.1) is 6.61 Å². The number of hydrogen-bond donors (Lipinski definition) is 3. The molecule has 0 radical (unpaired) electrons. The molecule has 0 saturated heterocycles. The van der Waals surface area contributed by atoms with Crippen LogP contribution in [0.4, 0.5) is 16.2 Å². The smallest absolute Gasteiger partial charge is 0.407 e. The van der Waals surface area contributed by atoms with Gasteiger partial charge in [-0.1, -0.05) is 6.07 Å². The second kappa shape index (κ2) is 12.3. The van der Waals surface area contributed by atoms with Gasteiger partial charge >= 0.3 is 6.09 Å². The van der Waals surface area contributed by atoms with E-state index in [4.69, 9.17) is 14.2 Å². The molecule has 0 heterocycles. The van der Waals surface area contributed by atoms with E-state index in [1.165, 1.54) is 0 Å². The zero-order valence-electron chi connectivity index (χ0n) is 19.4. The third kappa shape index (κ3) is 10.4. The predicted molar refractivity (Wildman–Crippen MR) is 126 cm³/mol. The molecule has 2 aromatic rings. The lowest BCUT2D eigenvalue weighted by atomic mass is 10.2. The molecule has 0 saturated carbocycles. The Morgan fingerprint density at radius 1 is 0.848 bits per heavy atom. The number of amides is 3. The fourth-order valence-corrected chi connectivity index (χ4v) is 2.64. The van der Waals surface area contributed by atoms with Gasteiger partial charge in [0.15, 0.2) is 6.61 Å². The summed E-state index contributed by atoms with van der Waals surface area (Å²) in [6.07, 6.45) is -0.501. The first-order chi connectivity index (χ1) is 15.6. The second-order valence-corrected chi connectivity index (χ2v) is 8.05. The van der Waals surface area contributed by atoms with Crippen molar-refractivity contribution in [2.24, 2.45) is 0 Å². The van der Waals surface area contributed by atoms with Crippen LogP contribution in [-0.2, 0) is 14.3 Å². The molecule has 0 spiro atoms. The maximum absolute atomic E-state index is 12.2. The van der Waals surface area contributed by atoms with Crippen LogP contribution in [0.1, 0.15) is 34.1 Å². The summed E-state index contributed by atoms with van der Waals surface area (Å²) in [7, 11) is 0. The van der Waals surface area contributed by atoms with Crippen molar-refractivity contribution in [3.05, 3.63) is 48.5 Å². The average molecular weight is 458 g/mol. The number of benzene rings is 2. The minimum Gasteiger partial charge on any atom is -0.494 e. The van der Waals surface area contributed by atoms with Crippen molar-refractivity contribution < 1.29 is 28.6 Å². The third-order valence-electron chi connectivity index (χ3n) is 3.96. The second-order valence-electron chi connectivity index (χ2n) is 8.05. The van der Waals surface area contributed by atoms with Crippen LogP contribution in [0.15, 0.2) is 48.5 Å². The molecule has 2 rings (SSSR count). The van der Waals surface area contributed by atoms with E-state index in [1.54, 1.807) is 69.3 Å². The molecule has 2 aromatic carbocycles. The van der Waals surface area contributed by atoms with Gasteiger partial charge in [-0.25, -0.2) is 4.79 Å². The van der Waals surface area contributed by atoms with Gasteiger partial charge in [0, 0.05) is 24.3 Å². The van der Waals surface area contributed by atoms with E-state index >= 15 is 0 Å². The third-order valence-corrected chi connectivity index (χ3v) is 3.96. The van der Waals surface area contributed by atoms with Gasteiger partial charge < -0.3 is 30.2 Å². The van der Waals surface area contributed by atoms with E-state index in [1.807, 2.05) is 6.92 Å². The van der Waals surface area contributed by atoms with Crippen LogP contribution in [0.5, 0.6) is 11.5 Å². The standard InChI is InChI=1S/C24H31N3O6/c1-5-31-19-9-11-20(12-10-19)32-16-22(29)27-18-8-6-7-17(15-18)26-21(28)13-14-25-23(30)33-24(2,3)4/h6-12,15H,5,13-14,16H2,1-4H3,(H,25,30)(H,26,28)(H,27,29). The monoisotopic (exact) mass is 457 g/mol. The molecule has 0 atom stereocenters. The van der Waals surface area contributed by atoms with Crippen molar-refractivity contribution in [1.29, 1.82) is 0 Å². The van der Waals surface area contributed by atoms with Crippen molar-refractivity contribution in [1.82, 2.24) is 5.32 Å². The van der Waals surface area contributed by atoms with Crippen LogP contribution in [0.25, 0.3) is 0 Å². The maximum atomic E-state index is 12.2. The lowest BCUT2D eigenvalue weighted by molar-refractivity contribution is -0.118. The Labute approximate surface area is 193 Å². The van der Waals surface area contributed by atoms with E-state index in [2.05, 4.69) is 16.0 Å². The molecule has 0 aliphatic heterocycles. The minimum absolute atomic E-state index is 0.0752. The normalized spacial score (nSPS) is 10.7. The first-order valence-electron chi connectivity index (χ1n) is 10.7. The Balaban J connectivity index is 1.76. The zero-order chi connectivity index (χ0) is 24.3. The molecular weight excluding hydrogens is 426 g/mol. The van der Waals surface area contributed by atoms with Crippen LogP contribution in [-0.4, -0.2) is 43.3 Å². The fraction of sp³-hybridized carbons (Fsp3) is 0.375. The quantitative estimate of drug-likeness (QED) is 0.498. The number of carbonyl (C=O) groups excluding carboxylic acids is 3. The lowest BCUT2D eigenvalue weighted by Crippen LogP contribution is -2.34. The maximum Gasteiger partial charge on any atom is 0.407 e. The number of anilines is 2. The summed E-state index contributed by atoms with van der Waals surface area (Å²) < 4.78 is 16.0. The van der Waals surface area contributed by atoms with Crippen molar-refractivity contribution in [3.8, 4) is 11.5 Å². The Hall–Kier alpha value is -3.75. The highest BCUT2D eigenvalue weighted by molar-refractivity contribution is 5.94. The van der Waals surface area contributed by atoms with E-state index < -0.39 is 11.7 Å². The summed E-state index contributed by atoms with van der Waals surface area (Å²) in [5.74, 6) is 0.658. The molecular formula is C24H31N3O6. The number of carbonyl (C=O) groups is 3. The Morgan fingerprint density at radius 2 is 1.42 bits per heavy atom. The fourth-order valence-electron chi connectivity index (χ4n) is 2.64. The molecule has 0 unspecified atom stereocenters. The molecule has 0 aromatic heterocycles. The summed E-state index contributed by atoms with van der Waals surface area (Å²) in [5, 5.41) is 7.98. The van der Waals surface area contributed by atoms with Gasteiger partial charge in [0.2, 0.25) is 5.91 Å². The van der Waals surface area contributed by atoms with E-state index in [0.717, 1.165) is 5.75 Å². The molecule has 3 amide bonds. The topological polar surface area (TPSA) is 115 Å². The lowest BCUT2D eigenvalue weighted by Gasteiger charge is -2.19. The van der Waals surface area contributed by atoms with E-state index in [-0.39, 0.29) is 31.4 Å². The highest BCUT2D eigenvalue weighted by Gasteiger charge is 2.16. The Kier molecular flexibility index (Phi) is 9.53. The molecule has 178 valence electrons. The van der Waals surface area contributed by atoms with Gasteiger partial charge in [-0.05, 0) is 70.2 Å². The molecule has 0 aliphatic rings. The largest absolute Gasteiger partial charge is 0.494 e. The van der Waals surface area contributed by atoms with Crippen molar-refractivity contribution in [2.45, 2.75) is 39.7 Å². The number of rotatable bonds is 10. The van der Waals surface area contributed by atoms with Crippen LogP contribution in [0.3, 0.4) is 0 Å². The highest BCUT2D eigenvalue weighted by Crippen LogP contribution is 2.18. The number of ether oxygens (including phenoxy) is 3. The van der Waals surface area contributed by atoms with Gasteiger partial charge in [-0.15, -0.1) is 0 Å². The number of nitrogens with one attached hydrogen (secondary N) is 3. The first-order valence-corrected chi connectivity index (χ1v) is 10.7. The van der Waals surface area contributed by atoms with Crippen LogP contribution in [0.2, 0.25) is 0 Å². The minimum atomic E-state index is -0.601. The number of hydrogen-bond acceptors (Lipinski definition) is 6. The van der Waals surface area contributed by atoms with Gasteiger partial charge in [-0.2, -0.15) is 0 Å². The Bertz CT molecular complexity index is 938. The van der Waals surface area contributed by atoms with Crippen LogP contribution in [0, 0.1) is 0 Å². The predicted octanol–water partition coefficient (Wildman–Crippen LogP) is 3.96. The molecule has 9 nitrogen and oxygen atoms in total. The molecule has 33 heavy (non-hydrogen) atoms. The average Bonchev–Trinajstić information content (AvgIpc) is 2.72. The SMILES string of the molecule is CCOc1ccc(OCC(=O)Nc2cccc(NC(=O)CCNC(=O)OC(C)(C)C)c2)cc1. The Morgan fingerprint density at radius 3 is 2.00 bits per heavy atom. The van der Waals surface area contributed by atoms with Gasteiger partial charge in [-0.3, -0.25) is 9.59 Å². The summed E-state index contributed by atoms with van der Waals surface area (Å²) >= 11 is 0. The molecule has 0 aliphatic carbocycles. The highest BCUT2D eigenvalue weighted by atomic mass is 16.6. The first kappa shape index (κ1) is 25.5. The van der Waals surface area contributed by atoms with Crippen LogP contribution >= 0.6 is 0 Å². The van der Waals surface area contributed by atoms with Crippen molar-refractivity contribution in [3.63, 3.8) is 0 Å². The van der Waals surface area contributed by atoms with E-state index in [9.17, 15) is 14.4 Å². The summed E-state index contributed by atoms with van der Waals surface area (Å²) in [6, 6.07) is 13.7. The summed E-state index contributed by atoms with van der Waals surface area (Å²) in [5.41, 5.74) is 0.429. The van der Waals surface area contributed by atoms with Gasteiger partial charge in [0.1, 0.15) is 17.1 Å². The molecule has 9 heteroatoms. The molecule has 0 fully saturated rings. The summed E-state index contributed by atoms with van der Waals surface area (Å²) in [6.45, 7) is 7.73. The number of alkyl carbamates (subject to hydrolysis) is 1. The van der Waals surface area contributed by atoms with Crippen molar-refractivity contribution in [2.75, 3.05) is 30.4 Å². The van der Waals surface area contributed by atoms with Crippen molar-refractivity contribution >= 4 is 29.3 Å². The van der Waals surface area contributed by atoms with E-state index in [0.29, 0.717) is 23.7 Å². The molecule has 3 N–H and O–H groups in total.